The van der Waals surface area contributed by atoms with Crippen molar-refractivity contribution in [1.29, 1.82) is 0 Å². The minimum absolute atomic E-state index is 0.205. The number of phenolic OH excluding ortho intramolecular Hbond substituents is 1. The van der Waals surface area contributed by atoms with Crippen LogP contribution in [0.4, 0.5) is 0 Å². The highest BCUT2D eigenvalue weighted by atomic mass is 79.9. The topological polar surface area (TPSA) is 40.5 Å². The Morgan fingerprint density at radius 3 is 2.00 bits per heavy atom. The summed E-state index contributed by atoms with van der Waals surface area (Å²) in [6, 6.07) is 6.58. The van der Waals surface area contributed by atoms with Gasteiger partial charge in [-0.2, -0.15) is 0 Å². The molecule has 0 aliphatic carbocycles. The van der Waals surface area contributed by atoms with Gasteiger partial charge < -0.3 is 10.2 Å². The Morgan fingerprint density at radius 1 is 1.15 bits per heavy atom. The Bertz CT molecular complexity index is 278. The van der Waals surface area contributed by atoms with Crippen molar-refractivity contribution < 1.29 is 10.2 Å². The second-order valence-electron chi connectivity index (χ2n) is 2.54. The van der Waals surface area contributed by atoms with Crippen LogP contribution in [-0.2, 0) is 0 Å². The molecule has 1 aromatic rings. The smallest absolute Gasteiger partial charge is 0.191 e. The zero-order valence-corrected chi connectivity index (χ0v) is 11.2. The van der Waals surface area contributed by atoms with Gasteiger partial charge in [0.05, 0.1) is 4.83 Å². The number of alkyl halides is 3. The van der Waals surface area contributed by atoms with E-state index in [4.69, 9.17) is 5.11 Å². The lowest BCUT2D eigenvalue weighted by Crippen LogP contribution is -2.16. The van der Waals surface area contributed by atoms with Crippen molar-refractivity contribution >= 4 is 47.8 Å². The first-order valence-corrected chi connectivity index (χ1v) is 5.94. The fraction of sp³-hybridized carbons (Fsp3) is 0.250. The quantitative estimate of drug-likeness (QED) is 0.780. The Labute approximate surface area is 101 Å². The zero-order valence-electron chi connectivity index (χ0n) is 6.42. The average Bonchev–Trinajstić information content (AvgIpc) is 2.03. The molecule has 0 aliphatic rings. The molecule has 0 radical (unpaired) electrons. The van der Waals surface area contributed by atoms with E-state index in [1.54, 1.807) is 24.3 Å². The summed E-state index contributed by atoms with van der Waals surface area (Å²) in [7, 11) is 0. The third-order valence-electron chi connectivity index (χ3n) is 1.49. The Morgan fingerprint density at radius 2 is 1.62 bits per heavy atom. The summed E-state index contributed by atoms with van der Waals surface area (Å²) in [5.41, 5.74) is 0.856. The highest BCUT2D eigenvalue weighted by Crippen LogP contribution is 2.43. The molecule has 0 amide bonds. The number of phenols is 1. The van der Waals surface area contributed by atoms with Crippen molar-refractivity contribution in [3.05, 3.63) is 29.8 Å². The molecule has 0 spiro atoms. The van der Waals surface area contributed by atoms with E-state index in [1.807, 2.05) is 0 Å². The van der Waals surface area contributed by atoms with Crippen molar-refractivity contribution in [2.75, 3.05) is 0 Å². The molecular weight excluding hydrogens is 368 g/mol. The van der Waals surface area contributed by atoms with Gasteiger partial charge in [0.25, 0.3) is 0 Å². The molecule has 72 valence electrons. The largest absolute Gasteiger partial charge is 0.508 e. The fourth-order valence-corrected chi connectivity index (χ4v) is 1.68. The van der Waals surface area contributed by atoms with Crippen molar-refractivity contribution in [3.8, 4) is 5.75 Å². The summed E-state index contributed by atoms with van der Waals surface area (Å²) in [4.78, 5) is -0.291. The molecule has 0 bridgehead atoms. The van der Waals surface area contributed by atoms with E-state index in [0.717, 1.165) is 5.56 Å². The number of halogens is 3. The van der Waals surface area contributed by atoms with Crippen LogP contribution < -0.4 is 0 Å². The van der Waals surface area contributed by atoms with Crippen molar-refractivity contribution in [2.24, 2.45) is 0 Å². The maximum Gasteiger partial charge on any atom is 0.191 e. The highest BCUT2D eigenvalue weighted by Gasteiger charge is 2.29. The monoisotopic (exact) mass is 372 g/mol. The molecule has 1 aromatic carbocycles. The molecule has 2 N–H and O–H groups in total. The van der Waals surface area contributed by atoms with E-state index in [2.05, 4.69) is 47.8 Å². The summed E-state index contributed by atoms with van der Waals surface area (Å²) in [5.74, 6) is 0.205. The van der Waals surface area contributed by atoms with Crippen LogP contribution in [0.1, 0.15) is 10.4 Å². The summed E-state index contributed by atoms with van der Waals surface area (Å²) < 4.78 is -1.18. The average molecular weight is 375 g/mol. The number of aromatic hydroxyl groups is 1. The molecule has 0 aromatic heterocycles. The maximum absolute atomic E-state index is 9.53. The molecule has 2 nitrogen and oxygen atoms in total. The van der Waals surface area contributed by atoms with Crippen LogP contribution in [0.3, 0.4) is 0 Å². The van der Waals surface area contributed by atoms with Gasteiger partial charge in [0.2, 0.25) is 0 Å². The molecule has 0 heterocycles. The van der Waals surface area contributed by atoms with E-state index < -0.39 is 3.42 Å². The lowest BCUT2D eigenvalue weighted by Gasteiger charge is -2.20. The Kier molecular flexibility index (Phi) is 3.80. The van der Waals surface area contributed by atoms with Gasteiger partial charge in [-0.15, -0.1) is 0 Å². The van der Waals surface area contributed by atoms with E-state index >= 15 is 0 Å². The zero-order chi connectivity index (χ0) is 10.1. The molecule has 0 fully saturated rings. The highest BCUT2D eigenvalue weighted by molar-refractivity contribution is 9.26. The van der Waals surface area contributed by atoms with Crippen molar-refractivity contribution in [3.63, 3.8) is 0 Å². The van der Waals surface area contributed by atoms with Gasteiger partial charge in [0.1, 0.15) is 5.75 Å². The van der Waals surface area contributed by atoms with Crippen LogP contribution in [-0.4, -0.2) is 13.6 Å². The maximum atomic E-state index is 9.53. The van der Waals surface area contributed by atoms with E-state index in [9.17, 15) is 5.11 Å². The van der Waals surface area contributed by atoms with Gasteiger partial charge in [-0.1, -0.05) is 28.1 Å². The third kappa shape index (κ3) is 3.23. The molecular formula is C8H7Br3O2. The minimum Gasteiger partial charge on any atom is -0.508 e. The van der Waals surface area contributed by atoms with Crippen LogP contribution in [0.25, 0.3) is 0 Å². The summed E-state index contributed by atoms with van der Waals surface area (Å²) in [5, 5.41) is 18.6. The van der Waals surface area contributed by atoms with Gasteiger partial charge in [0.15, 0.2) is 3.42 Å². The summed E-state index contributed by atoms with van der Waals surface area (Å²) >= 11 is 9.43. The molecule has 1 atom stereocenters. The molecule has 0 saturated heterocycles. The van der Waals surface area contributed by atoms with Gasteiger partial charge in [-0.3, -0.25) is 0 Å². The van der Waals surface area contributed by atoms with E-state index in [0.29, 0.717) is 0 Å². The van der Waals surface area contributed by atoms with Gasteiger partial charge in [-0.25, -0.2) is 0 Å². The minimum atomic E-state index is -1.18. The molecule has 1 unspecified atom stereocenters. The predicted octanol–water partition coefficient (Wildman–Crippen LogP) is 3.26. The van der Waals surface area contributed by atoms with Crippen LogP contribution in [0.5, 0.6) is 5.75 Å². The van der Waals surface area contributed by atoms with Gasteiger partial charge in [0, 0.05) is 0 Å². The molecule has 0 saturated carbocycles. The second kappa shape index (κ2) is 4.29. The van der Waals surface area contributed by atoms with Crippen LogP contribution >= 0.6 is 47.8 Å². The SMILES string of the molecule is Oc1ccc(C(Br)C(O)(Br)Br)cc1. The predicted molar refractivity (Wildman–Crippen MR) is 62.6 cm³/mol. The number of rotatable bonds is 2. The van der Waals surface area contributed by atoms with Gasteiger partial charge in [-0.05, 0) is 49.6 Å². The van der Waals surface area contributed by atoms with Crippen LogP contribution in [0.2, 0.25) is 0 Å². The molecule has 0 aliphatic heterocycles. The van der Waals surface area contributed by atoms with Crippen LogP contribution in [0, 0.1) is 0 Å². The normalized spacial score (nSPS) is 14.2. The number of hydrogen-bond donors (Lipinski definition) is 2. The Hall–Kier alpha value is 0.420. The lowest BCUT2D eigenvalue weighted by atomic mass is 10.1. The van der Waals surface area contributed by atoms with E-state index in [-0.39, 0.29) is 10.6 Å². The van der Waals surface area contributed by atoms with Gasteiger partial charge >= 0.3 is 0 Å². The first kappa shape index (κ1) is 11.5. The number of aliphatic hydroxyl groups is 1. The number of benzene rings is 1. The fourth-order valence-electron chi connectivity index (χ4n) is 0.844. The van der Waals surface area contributed by atoms with Crippen LogP contribution in [0.15, 0.2) is 24.3 Å². The third-order valence-corrected chi connectivity index (χ3v) is 4.83. The molecule has 5 heteroatoms. The first-order chi connectivity index (χ1) is 5.91. The first-order valence-electron chi connectivity index (χ1n) is 3.44. The van der Waals surface area contributed by atoms with E-state index in [1.165, 1.54) is 0 Å². The van der Waals surface area contributed by atoms with Crippen molar-refractivity contribution in [1.82, 2.24) is 0 Å². The summed E-state index contributed by atoms with van der Waals surface area (Å²) in [6.45, 7) is 0. The second-order valence-corrected chi connectivity index (χ2v) is 6.94. The van der Waals surface area contributed by atoms with Crippen molar-refractivity contribution in [2.45, 2.75) is 8.25 Å². The number of hydrogen-bond acceptors (Lipinski definition) is 2. The molecule has 1 rings (SSSR count). The standard InChI is InChI=1S/C8H7Br3O2/c9-7(8(10,11)13)5-1-3-6(12)4-2-5/h1-4,7,12-13H. The Balaban J connectivity index is 2.90. The lowest BCUT2D eigenvalue weighted by molar-refractivity contribution is 0.244. The summed E-state index contributed by atoms with van der Waals surface area (Å²) in [6.07, 6.45) is 0. The molecule has 13 heavy (non-hydrogen) atoms.